The number of halogens is 1. The third-order valence-electron chi connectivity index (χ3n) is 4.12. The molecule has 130 valence electrons. The van der Waals surface area contributed by atoms with Crippen LogP contribution in [0.5, 0.6) is 0 Å². The molecule has 26 heavy (non-hydrogen) atoms. The van der Waals surface area contributed by atoms with Crippen LogP contribution in [-0.2, 0) is 6.42 Å². The van der Waals surface area contributed by atoms with E-state index in [1.165, 1.54) is 11.3 Å². The molecule has 0 aliphatic carbocycles. The van der Waals surface area contributed by atoms with E-state index in [-0.39, 0.29) is 11.9 Å². The Balaban J connectivity index is 1.65. The van der Waals surface area contributed by atoms with Gasteiger partial charge in [0.15, 0.2) is 0 Å². The summed E-state index contributed by atoms with van der Waals surface area (Å²) in [6.45, 7) is 0. The van der Waals surface area contributed by atoms with Gasteiger partial charge in [-0.2, -0.15) is 0 Å². The van der Waals surface area contributed by atoms with E-state index in [1.807, 2.05) is 54.6 Å². The summed E-state index contributed by atoms with van der Waals surface area (Å²) in [5.41, 5.74) is 2.96. The van der Waals surface area contributed by atoms with Crippen molar-refractivity contribution >= 4 is 39.9 Å². The van der Waals surface area contributed by atoms with Gasteiger partial charge in [0.05, 0.1) is 26.3 Å². The first-order valence-corrected chi connectivity index (χ1v) is 9.43. The highest BCUT2D eigenvalue weighted by Gasteiger charge is 2.20. The number of carbonyl (C=O) groups is 1. The van der Waals surface area contributed by atoms with Gasteiger partial charge in [0.1, 0.15) is 5.82 Å². The molecule has 4 aromatic rings. The number of aromatic amines is 1. The lowest BCUT2D eigenvalue weighted by Crippen LogP contribution is -2.30. The molecule has 6 heteroatoms. The molecule has 0 fully saturated rings. The number of hydrogen-bond acceptors (Lipinski definition) is 3. The zero-order valence-corrected chi connectivity index (χ0v) is 15.3. The molecular formula is C20H16ClN3OS. The minimum absolute atomic E-state index is 0.150. The van der Waals surface area contributed by atoms with Gasteiger partial charge in [0, 0.05) is 0 Å². The van der Waals surface area contributed by atoms with E-state index in [1.54, 1.807) is 12.1 Å². The maximum Gasteiger partial charge on any atom is 0.262 e. The molecule has 0 unspecified atom stereocenters. The molecule has 2 aromatic heterocycles. The predicted octanol–water partition coefficient (Wildman–Crippen LogP) is 4.99. The average molecular weight is 382 g/mol. The highest BCUT2D eigenvalue weighted by Crippen LogP contribution is 2.24. The van der Waals surface area contributed by atoms with Gasteiger partial charge in [-0.1, -0.05) is 54.1 Å². The predicted molar refractivity (Wildman–Crippen MR) is 106 cm³/mol. The second-order valence-electron chi connectivity index (χ2n) is 5.96. The van der Waals surface area contributed by atoms with Crippen molar-refractivity contribution in [1.82, 2.24) is 15.3 Å². The van der Waals surface area contributed by atoms with Gasteiger partial charge in [-0.3, -0.25) is 4.79 Å². The minimum Gasteiger partial charge on any atom is -0.341 e. The number of benzene rings is 2. The van der Waals surface area contributed by atoms with E-state index in [2.05, 4.69) is 15.3 Å². The summed E-state index contributed by atoms with van der Waals surface area (Å²) in [5, 5.41) is 3.09. The topological polar surface area (TPSA) is 57.8 Å². The Morgan fingerprint density at radius 2 is 1.85 bits per heavy atom. The second kappa shape index (κ2) is 7.32. The van der Waals surface area contributed by atoms with Crippen LogP contribution < -0.4 is 5.32 Å². The summed E-state index contributed by atoms with van der Waals surface area (Å²) in [6.07, 6.45) is 0.644. The fourth-order valence-electron chi connectivity index (χ4n) is 2.87. The minimum atomic E-state index is -0.266. The number of imidazole rings is 1. The number of thiophene rings is 1. The third-order valence-corrected chi connectivity index (χ3v) is 5.35. The summed E-state index contributed by atoms with van der Waals surface area (Å²) >= 11 is 7.23. The van der Waals surface area contributed by atoms with Crippen molar-refractivity contribution in [3.05, 3.63) is 87.3 Å². The first-order valence-electron chi connectivity index (χ1n) is 8.24. The molecule has 0 aliphatic heterocycles. The summed E-state index contributed by atoms with van der Waals surface area (Å²) in [6, 6.07) is 21.1. The normalized spacial score (nSPS) is 12.2. The molecule has 1 atom stereocenters. The van der Waals surface area contributed by atoms with E-state index in [9.17, 15) is 4.79 Å². The summed E-state index contributed by atoms with van der Waals surface area (Å²) in [7, 11) is 0. The van der Waals surface area contributed by atoms with Crippen LogP contribution in [-0.4, -0.2) is 15.9 Å². The highest BCUT2D eigenvalue weighted by molar-refractivity contribution is 7.18. The van der Waals surface area contributed by atoms with E-state index in [0.717, 1.165) is 22.4 Å². The van der Waals surface area contributed by atoms with Crippen molar-refractivity contribution in [3.8, 4) is 0 Å². The molecule has 4 nitrogen and oxygen atoms in total. The van der Waals surface area contributed by atoms with Crippen LogP contribution in [0.15, 0.2) is 66.7 Å². The van der Waals surface area contributed by atoms with Crippen molar-refractivity contribution in [3.63, 3.8) is 0 Å². The number of aromatic nitrogens is 2. The lowest BCUT2D eigenvalue weighted by atomic mass is 10.1. The van der Waals surface area contributed by atoms with Gasteiger partial charge in [0.2, 0.25) is 0 Å². The van der Waals surface area contributed by atoms with Crippen LogP contribution in [0.1, 0.15) is 27.1 Å². The Labute approximate surface area is 159 Å². The summed E-state index contributed by atoms with van der Waals surface area (Å²) < 4.78 is 0.596. The quantitative estimate of drug-likeness (QED) is 0.511. The smallest absolute Gasteiger partial charge is 0.262 e. The van der Waals surface area contributed by atoms with Crippen LogP contribution in [0.25, 0.3) is 11.0 Å². The first kappa shape index (κ1) is 16.8. The van der Waals surface area contributed by atoms with Gasteiger partial charge >= 0.3 is 0 Å². The van der Waals surface area contributed by atoms with Crippen LogP contribution in [0.3, 0.4) is 0 Å². The molecule has 2 aromatic carbocycles. The summed E-state index contributed by atoms with van der Waals surface area (Å²) in [5.74, 6) is 0.592. The molecule has 2 N–H and O–H groups in total. The Hall–Kier alpha value is -2.63. The number of rotatable bonds is 5. The van der Waals surface area contributed by atoms with Gasteiger partial charge in [-0.15, -0.1) is 11.3 Å². The number of nitrogens with zero attached hydrogens (tertiary/aromatic N) is 1. The fourth-order valence-corrected chi connectivity index (χ4v) is 3.82. The Kier molecular flexibility index (Phi) is 4.73. The van der Waals surface area contributed by atoms with Gasteiger partial charge < -0.3 is 10.3 Å². The van der Waals surface area contributed by atoms with Crippen molar-refractivity contribution in [2.45, 2.75) is 12.5 Å². The molecule has 4 rings (SSSR count). The number of H-pyrrole nitrogens is 1. The first-order chi connectivity index (χ1) is 12.7. The van der Waals surface area contributed by atoms with Crippen molar-refractivity contribution in [2.24, 2.45) is 0 Å². The molecule has 0 bridgehead atoms. The Morgan fingerprint density at radius 3 is 2.58 bits per heavy atom. The standard InChI is InChI=1S/C20H16ClN3OS/c21-18-11-10-17(26-18)20(25)24-16(12-13-6-2-1-3-7-13)19-22-14-8-4-5-9-15(14)23-19/h1-11,16H,12H2,(H,22,23)(H,24,25)/t16-/m1/s1. The van der Waals surface area contributed by atoms with Crippen LogP contribution in [0, 0.1) is 0 Å². The molecular weight excluding hydrogens is 366 g/mol. The molecule has 0 spiro atoms. The molecule has 0 aliphatic rings. The number of fused-ring (bicyclic) bond motifs is 1. The molecule has 2 heterocycles. The van der Waals surface area contributed by atoms with E-state index < -0.39 is 0 Å². The molecule has 0 saturated heterocycles. The van der Waals surface area contributed by atoms with E-state index in [4.69, 9.17) is 11.6 Å². The lowest BCUT2D eigenvalue weighted by molar-refractivity contribution is 0.0939. The third kappa shape index (κ3) is 3.64. The SMILES string of the molecule is O=C(N[C@H](Cc1ccccc1)c1nc2ccccc2[nH]1)c1ccc(Cl)s1. The van der Waals surface area contributed by atoms with Crippen molar-refractivity contribution in [1.29, 1.82) is 0 Å². The highest BCUT2D eigenvalue weighted by atomic mass is 35.5. The fraction of sp³-hybridized carbons (Fsp3) is 0.100. The maximum atomic E-state index is 12.6. The van der Waals surface area contributed by atoms with Crippen LogP contribution in [0.2, 0.25) is 4.34 Å². The zero-order valence-electron chi connectivity index (χ0n) is 13.8. The monoisotopic (exact) mass is 381 g/mol. The average Bonchev–Trinajstić information content (AvgIpc) is 3.28. The van der Waals surface area contributed by atoms with Crippen molar-refractivity contribution in [2.75, 3.05) is 0 Å². The maximum absolute atomic E-state index is 12.6. The number of para-hydroxylation sites is 2. The summed E-state index contributed by atoms with van der Waals surface area (Å²) in [4.78, 5) is 21.2. The van der Waals surface area contributed by atoms with Gasteiger partial charge in [-0.25, -0.2) is 4.98 Å². The number of nitrogens with one attached hydrogen (secondary N) is 2. The van der Waals surface area contributed by atoms with Crippen molar-refractivity contribution < 1.29 is 4.79 Å². The zero-order chi connectivity index (χ0) is 17.9. The second-order valence-corrected chi connectivity index (χ2v) is 7.67. The number of carbonyl (C=O) groups excluding carboxylic acids is 1. The lowest BCUT2D eigenvalue weighted by Gasteiger charge is -2.16. The Bertz CT molecular complexity index is 1010. The number of hydrogen-bond donors (Lipinski definition) is 2. The largest absolute Gasteiger partial charge is 0.341 e. The molecule has 0 saturated carbocycles. The molecule has 1 amide bonds. The van der Waals surface area contributed by atoms with E-state index >= 15 is 0 Å². The van der Waals surface area contributed by atoms with Crippen LogP contribution >= 0.6 is 22.9 Å². The van der Waals surface area contributed by atoms with E-state index in [0.29, 0.717) is 15.6 Å². The Morgan fingerprint density at radius 1 is 1.08 bits per heavy atom. The number of amides is 1. The van der Waals surface area contributed by atoms with Crippen LogP contribution in [0.4, 0.5) is 0 Å². The van der Waals surface area contributed by atoms with Gasteiger partial charge in [-0.05, 0) is 36.2 Å². The van der Waals surface area contributed by atoms with Gasteiger partial charge in [0.25, 0.3) is 5.91 Å². The molecule has 0 radical (unpaired) electrons.